The number of hydrogen-bond donors (Lipinski definition) is 1. The third-order valence-corrected chi connectivity index (χ3v) is 4.10. The van der Waals surface area contributed by atoms with Gasteiger partial charge in [-0.2, -0.15) is 0 Å². The van der Waals surface area contributed by atoms with Gasteiger partial charge >= 0.3 is 0 Å². The minimum absolute atomic E-state index is 0.656. The average molecular weight is 281 g/mol. The number of benzene rings is 2. The molecular formula is C20H27N. The van der Waals surface area contributed by atoms with E-state index in [1.54, 1.807) is 0 Å². The Bertz CT molecular complexity index is 518. The highest BCUT2D eigenvalue weighted by atomic mass is 14.9. The summed E-state index contributed by atoms with van der Waals surface area (Å²) in [6, 6.07) is 19.2. The molecule has 1 nitrogen and oxygen atoms in total. The standard InChI is InChI=1S/C20H27N/c1-3-5-7-12-17(4-2)19-15-10-11-16-20(19)21-18-13-8-6-9-14-18/h6,8-11,13-17,21H,3-5,7,12H2,1-2H3. The summed E-state index contributed by atoms with van der Waals surface area (Å²) in [6.45, 7) is 4.57. The van der Waals surface area contributed by atoms with E-state index in [2.05, 4.69) is 73.8 Å². The van der Waals surface area contributed by atoms with Gasteiger partial charge < -0.3 is 5.32 Å². The molecule has 0 saturated carbocycles. The van der Waals surface area contributed by atoms with E-state index in [1.165, 1.54) is 43.4 Å². The first-order chi connectivity index (χ1) is 10.3. The van der Waals surface area contributed by atoms with Gasteiger partial charge in [0.1, 0.15) is 0 Å². The predicted octanol–water partition coefficient (Wildman–Crippen LogP) is 6.50. The van der Waals surface area contributed by atoms with Gasteiger partial charge in [0.2, 0.25) is 0 Å². The molecule has 0 aliphatic carbocycles. The van der Waals surface area contributed by atoms with Crippen LogP contribution in [0, 0.1) is 0 Å². The Hall–Kier alpha value is -1.76. The van der Waals surface area contributed by atoms with Crippen molar-refractivity contribution in [3.63, 3.8) is 0 Å². The molecule has 0 heterocycles. The normalized spacial score (nSPS) is 12.1. The molecule has 0 saturated heterocycles. The highest BCUT2D eigenvalue weighted by Gasteiger charge is 2.13. The molecule has 0 aromatic heterocycles. The quantitative estimate of drug-likeness (QED) is 0.544. The second-order valence-corrected chi connectivity index (χ2v) is 5.68. The lowest BCUT2D eigenvalue weighted by Crippen LogP contribution is -2.02. The van der Waals surface area contributed by atoms with Crippen LogP contribution in [0.4, 0.5) is 11.4 Å². The van der Waals surface area contributed by atoms with Gasteiger partial charge in [0.25, 0.3) is 0 Å². The smallest absolute Gasteiger partial charge is 0.0419 e. The van der Waals surface area contributed by atoms with Crippen LogP contribution in [-0.2, 0) is 0 Å². The monoisotopic (exact) mass is 281 g/mol. The molecule has 0 aliphatic heterocycles. The molecular weight excluding hydrogens is 254 g/mol. The van der Waals surface area contributed by atoms with Gasteiger partial charge in [-0.25, -0.2) is 0 Å². The Balaban J connectivity index is 2.15. The molecule has 0 radical (unpaired) electrons. The third-order valence-electron chi connectivity index (χ3n) is 4.10. The lowest BCUT2D eigenvalue weighted by atomic mass is 9.89. The van der Waals surface area contributed by atoms with Crippen molar-refractivity contribution in [2.75, 3.05) is 5.32 Å². The zero-order chi connectivity index (χ0) is 14.9. The van der Waals surface area contributed by atoms with E-state index >= 15 is 0 Å². The fourth-order valence-corrected chi connectivity index (χ4v) is 2.86. The van der Waals surface area contributed by atoms with Gasteiger partial charge in [-0.05, 0) is 42.5 Å². The van der Waals surface area contributed by atoms with Crippen LogP contribution in [0.2, 0.25) is 0 Å². The number of hydrogen-bond acceptors (Lipinski definition) is 1. The summed E-state index contributed by atoms with van der Waals surface area (Å²) in [6.07, 6.45) is 6.45. The maximum atomic E-state index is 3.58. The van der Waals surface area contributed by atoms with Gasteiger partial charge in [-0.15, -0.1) is 0 Å². The molecule has 2 aromatic carbocycles. The zero-order valence-electron chi connectivity index (χ0n) is 13.3. The molecule has 2 rings (SSSR count). The van der Waals surface area contributed by atoms with Crippen molar-refractivity contribution in [1.82, 2.24) is 0 Å². The third kappa shape index (κ3) is 4.63. The molecule has 2 aromatic rings. The average Bonchev–Trinajstić information content (AvgIpc) is 2.54. The molecule has 0 fully saturated rings. The Kier molecular flexibility index (Phi) is 6.33. The first-order valence-electron chi connectivity index (χ1n) is 8.26. The summed E-state index contributed by atoms with van der Waals surface area (Å²) in [5.41, 5.74) is 3.88. The Labute approximate surface area is 129 Å². The van der Waals surface area contributed by atoms with Crippen LogP contribution in [0.3, 0.4) is 0 Å². The molecule has 1 unspecified atom stereocenters. The lowest BCUT2D eigenvalue weighted by molar-refractivity contribution is 0.554. The highest BCUT2D eigenvalue weighted by Crippen LogP contribution is 2.32. The first-order valence-corrected chi connectivity index (χ1v) is 8.26. The van der Waals surface area contributed by atoms with E-state index in [1.807, 2.05) is 0 Å². The van der Waals surface area contributed by atoms with Crippen LogP contribution in [0.1, 0.15) is 57.4 Å². The Morgan fingerprint density at radius 1 is 0.857 bits per heavy atom. The van der Waals surface area contributed by atoms with Crippen LogP contribution in [-0.4, -0.2) is 0 Å². The van der Waals surface area contributed by atoms with Gasteiger partial charge in [-0.3, -0.25) is 0 Å². The minimum atomic E-state index is 0.656. The second kappa shape index (κ2) is 8.51. The van der Waals surface area contributed by atoms with Crippen molar-refractivity contribution in [3.8, 4) is 0 Å². The van der Waals surface area contributed by atoms with Gasteiger partial charge in [0, 0.05) is 11.4 Å². The topological polar surface area (TPSA) is 12.0 Å². The van der Waals surface area contributed by atoms with E-state index in [9.17, 15) is 0 Å². The zero-order valence-corrected chi connectivity index (χ0v) is 13.3. The summed E-state index contributed by atoms with van der Waals surface area (Å²) in [5, 5.41) is 3.58. The summed E-state index contributed by atoms with van der Waals surface area (Å²) < 4.78 is 0. The van der Waals surface area contributed by atoms with Crippen molar-refractivity contribution < 1.29 is 0 Å². The van der Waals surface area contributed by atoms with Crippen LogP contribution in [0.15, 0.2) is 54.6 Å². The minimum Gasteiger partial charge on any atom is -0.355 e. The summed E-state index contributed by atoms with van der Waals surface area (Å²) >= 11 is 0. The van der Waals surface area contributed by atoms with Crippen molar-refractivity contribution in [2.45, 2.75) is 51.9 Å². The van der Waals surface area contributed by atoms with Crippen molar-refractivity contribution in [2.24, 2.45) is 0 Å². The Morgan fingerprint density at radius 2 is 1.57 bits per heavy atom. The van der Waals surface area contributed by atoms with E-state index in [0.29, 0.717) is 5.92 Å². The largest absolute Gasteiger partial charge is 0.355 e. The molecule has 0 amide bonds. The number of nitrogens with one attached hydrogen (secondary N) is 1. The summed E-state index contributed by atoms with van der Waals surface area (Å²) in [5.74, 6) is 0.656. The van der Waals surface area contributed by atoms with Crippen LogP contribution >= 0.6 is 0 Å². The molecule has 0 spiro atoms. The molecule has 1 N–H and O–H groups in total. The molecule has 0 bridgehead atoms. The predicted molar refractivity (Wildman–Crippen MR) is 93.3 cm³/mol. The van der Waals surface area contributed by atoms with Crippen LogP contribution < -0.4 is 5.32 Å². The summed E-state index contributed by atoms with van der Waals surface area (Å²) in [4.78, 5) is 0. The van der Waals surface area contributed by atoms with Crippen LogP contribution in [0.5, 0.6) is 0 Å². The molecule has 1 heteroatoms. The number of para-hydroxylation sites is 2. The number of anilines is 2. The second-order valence-electron chi connectivity index (χ2n) is 5.68. The lowest BCUT2D eigenvalue weighted by Gasteiger charge is -2.20. The van der Waals surface area contributed by atoms with E-state index < -0.39 is 0 Å². The van der Waals surface area contributed by atoms with Gasteiger partial charge in [-0.1, -0.05) is 69.5 Å². The number of rotatable bonds is 8. The SMILES string of the molecule is CCCCCC(CC)c1ccccc1Nc1ccccc1. The van der Waals surface area contributed by atoms with Crippen molar-refractivity contribution in [3.05, 3.63) is 60.2 Å². The maximum Gasteiger partial charge on any atom is 0.0419 e. The highest BCUT2D eigenvalue weighted by molar-refractivity contribution is 5.63. The van der Waals surface area contributed by atoms with Gasteiger partial charge in [0.05, 0.1) is 0 Å². The fourth-order valence-electron chi connectivity index (χ4n) is 2.86. The first kappa shape index (κ1) is 15.6. The summed E-state index contributed by atoms with van der Waals surface area (Å²) in [7, 11) is 0. The molecule has 112 valence electrons. The Morgan fingerprint density at radius 3 is 2.29 bits per heavy atom. The number of unbranched alkanes of at least 4 members (excludes halogenated alkanes) is 2. The van der Waals surface area contributed by atoms with Crippen molar-refractivity contribution in [1.29, 1.82) is 0 Å². The van der Waals surface area contributed by atoms with Crippen LogP contribution in [0.25, 0.3) is 0 Å². The fraction of sp³-hybridized carbons (Fsp3) is 0.400. The van der Waals surface area contributed by atoms with Crippen molar-refractivity contribution >= 4 is 11.4 Å². The molecule has 1 atom stereocenters. The molecule has 0 aliphatic rings. The maximum absolute atomic E-state index is 3.58. The molecule has 21 heavy (non-hydrogen) atoms. The van der Waals surface area contributed by atoms with E-state index in [4.69, 9.17) is 0 Å². The van der Waals surface area contributed by atoms with E-state index in [0.717, 1.165) is 5.69 Å². The van der Waals surface area contributed by atoms with E-state index in [-0.39, 0.29) is 0 Å². The van der Waals surface area contributed by atoms with Gasteiger partial charge in [0.15, 0.2) is 0 Å².